The Hall–Kier alpha value is -2.81. The van der Waals surface area contributed by atoms with E-state index in [1.165, 1.54) is 0 Å². The van der Waals surface area contributed by atoms with E-state index in [0.717, 1.165) is 22.1 Å². The van der Waals surface area contributed by atoms with Crippen LogP contribution in [0, 0.1) is 0 Å². The van der Waals surface area contributed by atoms with Crippen LogP contribution < -0.4 is 10.1 Å². The molecule has 122 valence electrons. The lowest BCUT2D eigenvalue weighted by atomic mass is 10.1. The van der Waals surface area contributed by atoms with Crippen molar-refractivity contribution in [2.45, 2.75) is 26.0 Å². The van der Waals surface area contributed by atoms with Gasteiger partial charge < -0.3 is 10.1 Å². The van der Waals surface area contributed by atoms with Gasteiger partial charge in [0.15, 0.2) is 6.10 Å². The van der Waals surface area contributed by atoms with Crippen molar-refractivity contribution in [1.29, 1.82) is 0 Å². The number of benzene rings is 3. The van der Waals surface area contributed by atoms with Crippen molar-refractivity contribution in [3.05, 3.63) is 78.4 Å². The quantitative estimate of drug-likeness (QED) is 0.753. The van der Waals surface area contributed by atoms with E-state index < -0.39 is 6.10 Å². The predicted molar refractivity (Wildman–Crippen MR) is 97.0 cm³/mol. The summed E-state index contributed by atoms with van der Waals surface area (Å²) in [6.45, 7) is 3.74. The molecule has 3 nitrogen and oxygen atoms in total. The molecule has 3 aromatic rings. The zero-order chi connectivity index (χ0) is 16.9. The Balaban J connectivity index is 1.70. The molecule has 2 atom stereocenters. The highest BCUT2D eigenvalue weighted by Gasteiger charge is 2.18. The van der Waals surface area contributed by atoms with Gasteiger partial charge in [-0.25, -0.2) is 0 Å². The number of ether oxygens (including phenoxy) is 1. The smallest absolute Gasteiger partial charge is 0.261 e. The van der Waals surface area contributed by atoms with Gasteiger partial charge in [-0.05, 0) is 30.9 Å². The van der Waals surface area contributed by atoms with E-state index >= 15 is 0 Å². The van der Waals surface area contributed by atoms with Crippen LogP contribution in [0.15, 0.2) is 72.8 Å². The number of hydrogen-bond acceptors (Lipinski definition) is 2. The number of nitrogens with one attached hydrogen (secondary N) is 1. The summed E-state index contributed by atoms with van der Waals surface area (Å²) in [6.07, 6.45) is -0.568. The fourth-order valence-electron chi connectivity index (χ4n) is 2.70. The molecule has 0 aliphatic heterocycles. The van der Waals surface area contributed by atoms with Gasteiger partial charge in [0.05, 0.1) is 6.04 Å². The molecule has 0 aromatic heterocycles. The maximum atomic E-state index is 12.4. The second-order valence-electron chi connectivity index (χ2n) is 5.88. The Bertz CT molecular complexity index is 824. The summed E-state index contributed by atoms with van der Waals surface area (Å²) in [5.74, 6) is 0.599. The summed E-state index contributed by atoms with van der Waals surface area (Å²) < 4.78 is 5.91. The molecule has 0 aliphatic rings. The normalized spacial score (nSPS) is 13.2. The second kappa shape index (κ2) is 7.18. The van der Waals surface area contributed by atoms with Crippen LogP contribution in [0.1, 0.15) is 25.5 Å². The fourth-order valence-corrected chi connectivity index (χ4v) is 2.70. The molecule has 0 radical (unpaired) electrons. The van der Waals surface area contributed by atoms with Gasteiger partial charge in [-0.1, -0.05) is 66.7 Å². The summed E-state index contributed by atoms with van der Waals surface area (Å²) >= 11 is 0. The maximum Gasteiger partial charge on any atom is 0.261 e. The van der Waals surface area contributed by atoms with Gasteiger partial charge in [-0.3, -0.25) is 4.79 Å². The van der Waals surface area contributed by atoms with Gasteiger partial charge in [-0.2, -0.15) is 0 Å². The Kier molecular flexibility index (Phi) is 4.80. The SMILES string of the molecule is C[C@H](Oc1cccc2ccccc12)C(=O)N[C@@H](C)c1ccccc1. The highest BCUT2D eigenvalue weighted by Crippen LogP contribution is 2.26. The maximum absolute atomic E-state index is 12.4. The zero-order valence-corrected chi connectivity index (χ0v) is 13.9. The number of fused-ring (bicyclic) bond motifs is 1. The molecule has 1 N–H and O–H groups in total. The summed E-state index contributed by atoms with van der Waals surface area (Å²) in [5, 5.41) is 5.11. The largest absolute Gasteiger partial charge is 0.480 e. The molecule has 0 saturated carbocycles. The summed E-state index contributed by atoms with van der Waals surface area (Å²) in [7, 11) is 0. The van der Waals surface area contributed by atoms with Crippen molar-refractivity contribution in [3.63, 3.8) is 0 Å². The van der Waals surface area contributed by atoms with Crippen LogP contribution in [0.25, 0.3) is 10.8 Å². The van der Waals surface area contributed by atoms with Gasteiger partial charge in [0.25, 0.3) is 5.91 Å². The van der Waals surface area contributed by atoms with Gasteiger partial charge in [0.1, 0.15) is 5.75 Å². The first kappa shape index (κ1) is 16.1. The molecule has 0 saturated heterocycles. The minimum absolute atomic E-state index is 0.0581. The number of amides is 1. The minimum Gasteiger partial charge on any atom is -0.480 e. The first-order valence-corrected chi connectivity index (χ1v) is 8.15. The average Bonchev–Trinajstić information content (AvgIpc) is 2.62. The molecule has 24 heavy (non-hydrogen) atoms. The summed E-state index contributed by atoms with van der Waals surface area (Å²) in [6, 6.07) is 23.7. The molecule has 0 heterocycles. The van der Waals surface area contributed by atoms with Gasteiger partial charge in [0.2, 0.25) is 0 Å². The van der Waals surface area contributed by atoms with Crippen molar-refractivity contribution >= 4 is 16.7 Å². The topological polar surface area (TPSA) is 38.3 Å². The Morgan fingerprint density at radius 3 is 2.33 bits per heavy atom. The molecule has 1 amide bonds. The van der Waals surface area contributed by atoms with Crippen molar-refractivity contribution in [1.82, 2.24) is 5.32 Å². The van der Waals surface area contributed by atoms with Crippen LogP contribution in [-0.2, 0) is 4.79 Å². The van der Waals surface area contributed by atoms with Crippen molar-refractivity contribution in [3.8, 4) is 5.75 Å². The molecule has 0 fully saturated rings. The second-order valence-corrected chi connectivity index (χ2v) is 5.88. The van der Waals surface area contributed by atoms with Crippen LogP contribution in [0.4, 0.5) is 0 Å². The molecular formula is C21H21NO2. The van der Waals surface area contributed by atoms with E-state index in [1.54, 1.807) is 6.92 Å². The molecule has 3 aromatic carbocycles. The highest BCUT2D eigenvalue weighted by atomic mass is 16.5. The molecule has 0 spiro atoms. The molecule has 0 bridgehead atoms. The molecule has 0 aliphatic carbocycles. The number of carbonyl (C=O) groups excluding carboxylic acids is 1. The standard InChI is InChI=1S/C21H21NO2/c1-15(17-9-4-3-5-10-17)22-21(23)16(2)24-20-14-8-12-18-11-6-7-13-19(18)20/h3-16H,1-2H3,(H,22,23)/t15-,16-/m0/s1. The van der Waals surface area contributed by atoms with E-state index in [4.69, 9.17) is 4.74 Å². The third-order valence-electron chi connectivity index (χ3n) is 4.08. The monoisotopic (exact) mass is 319 g/mol. The zero-order valence-electron chi connectivity index (χ0n) is 13.9. The molecular weight excluding hydrogens is 298 g/mol. The van der Waals surface area contributed by atoms with Crippen LogP contribution in [0.3, 0.4) is 0 Å². The number of hydrogen-bond donors (Lipinski definition) is 1. The lowest BCUT2D eigenvalue weighted by Crippen LogP contribution is -2.37. The van der Waals surface area contributed by atoms with Crippen molar-refractivity contribution in [2.75, 3.05) is 0 Å². The summed E-state index contributed by atoms with van der Waals surface area (Å²) in [5.41, 5.74) is 1.07. The predicted octanol–water partition coefficient (Wildman–Crippen LogP) is 4.48. The van der Waals surface area contributed by atoms with Gasteiger partial charge >= 0.3 is 0 Å². The van der Waals surface area contributed by atoms with Crippen molar-refractivity contribution < 1.29 is 9.53 Å². The van der Waals surface area contributed by atoms with Crippen LogP contribution in [0.5, 0.6) is 5.75 Å². The van der Waals surface area contributed by atoms with Crippen molar-refractivity contribution in [2.24, 2.45) is 0 Å². The van der Waals surface area contributed by atoms with E-state index in [9.17, 15) is 4.79 Å². The first-order valence-electron chi connectivity index (χ1n) is 8.15. The molecule has 3 heteroatoms. The van der Waals surface area contributed by atoms with Crippen LogP contribution in [0.2, 0.25) is 0 Å². The Morgan fingerprint density at radius 2 is 1.54 bits per heavy atom. The van der Waals surface area contributed by atoms with E-state index in [1.807, 2.05) is 79.7 Å². The van der Waals surface area contributed by atoms with Crippen LogP contribution >= 0.6 is 0 Å². The average molecular weight is 319 g/mol. The Morgan fingerprint density at radius 1 is 0.875 bits per heavy atom. The fraction of sp³-hybridized carbons (Fsp3) is 0.190. The van der Waals surface area contributed by atoms with Gasteiger partial charge in [0, 0.05) is 5.39 Å². The third kappa shape index (κ3) is 3.57. The highest BCUT2D eigenvalue weighted by molar-refractivity contribution is 5.89. The first-order chi connectivity index (χ1) is 11.6. The summed E-state index contributed by atoms with van der Waals surface area (Å²) in [4.78, 5) is 12.4. The van der Waals surface area contributed by atoms with E-state index in [-0.39, 0.29) is 11.9 Å². The van der Waals surface area contributed by atoms with E-state index in [2.05, 4.69) is 5.32 Å². The van der Waals surface area contributed by atoms with Crippen LogP contribution in [-0.4, -0.2) is 12.0 Å². The molecule has 0 unspecified atom stereocenters. The minimum atomic E-state index is -0.568. The number of carbonyl (C=O) groups is 1. The lowest BCUT2D eigenvalue weighted by molar-refractivity contribution is -0.127. The molecule has 3 rings (SSSR count). The lowest BCUT2D eigenvalue weighted by Gasteiger charge is -2.19. The Labute approximate surface area is 142 Å². The van der Waals surface area contributed by atoms with Gasteiger partial charge in [-0.15, -0.1) is 0 Å². The number of rotatable bonds is 5. The third-order valence-corrected chi connectivity index (χ3v) is 4.08. The van der Waals surface area contributed by atoms with E-state index in [0.29, 0.717) is 0 Å².